The molecule has 0 aromatic heterocycles. The van der Waals surface area contributed by atoms with Crippen LogP contribution in [0.4, 0.5) is 51.2 Å². The van der Waals surface area contributed by atoms with E-state index in [1.807, 2.05) is 0 Å². The lowest BCUT2D eigenvalue weighted by atomic mass is 9.33. The van der Waals surface area contributed by atoms with Crippen molar-refractivity contribution in [2.24, 2.45) is 0 Å². The lowest BCUT2D eigenvalue weighted by molar-refractivity contribution is 1.24. The molecule has 4 heteroatoms. The predicted molar refractivity (Wildman–Crippen MR) is 300 cm³/mol. The zero-order chi connectivity index (χ0) is 45.9. The molecule has 13 aromatic carbocycles. The molecule has 0 atom stereocenters. The Morgan fingerprint density at radius 1 is 0.271 bits per heavy atom. The van der Waals surface area contributed by atoms with Crippen molar-refractivity contribution in [2.45, 2.75) is 0 Å². The van der Waals surface area contributed by atoms with Crippen LogP contribution in [0.15, 0.2) is 255 Å². The molecule has 0 spiro atoms. The Bertz CT molecular complexity index is 4030. The van der Waals surface area contributed by atoms with E-state index in [2.05, 4.69) is 269 Å². The van der Waals surface area contributed by atoms with Gasteiger partial charge in [-0.3, -0.25) is 0 Å². The molecular weight excluding hydrogens is 846 g/mol. The van der Waals surface area contributed by atoms with Gasteiger partial charge in [0.15, 0.2) is 0 Å². The van der Waals surface area contributed by atoms with Crippen molar-refractivity contribution < 1.29 is 0 Å². The standard InChI is InChI=1S/C66H42BN3/c1-3-19-47-35-53(33-31-43(47)15-1)68-62-39-51-23-7-5-21-49(51)37-58(62)67-59-38-50-22-6-8-24-52(50)40-63(59)69(54-34-32-44-16-2-4-20-48(44)36-54)65-42-55(41-64(68)66(65)67)70(60-29-13-25-45-17-9-11-27-56(45)60)61-30-14-26-46-18-10-12-28-57(46)61/h1-42H. The molecule has 0 fully saturated rings. The Kier molecular flexibility index (Phi) is 8.45. The number of benzene rings is 13. The van der Waals surface area contributed by atoms with E-state index in [1.54, 1.807) is 0 Å². The maximum Gasteiger partial charge on any atom is 0.252 e. The minimum atomic E-state index is -0.0739. The molecule has 0 saturated heterocycles. The molecule has 0 unspecified atom stereocenters. The second-order valence-corrected chi connectivity index (χ2v) is 18.9. The molecule has 2 heterocycles. The number of anilines is 9. The van der Waals surface area contributed by atoms with Crippen molar-refractivity contribution in [1.82, 2.24) is 0 Å². The summed E-state index contributed by atoms with van der Waals surface area (Å²) < 4.78 is 0. The molecule has 2 aliphatic heterocycles. The van der Waals surface area contributed by atoms with Gasteiger partial charge in [0.25, 0.3) is 6.71 Å². The van der Waals surface area contributed by atoms with Crippen molar-refractivity contribution in [1.29, 1.82) is 0 Å². The molecule has 0 N–H and O–H groups in total. The zero-order valence-electron chi connectivity index (χ0n) is 38.2. The molecule has 0 aliphatic carbocycles. The van der Waals surface area contributed by atoms with E-state index in [0.717, 1.165) is 39.8 Å². The van der Waals surface area contributed by atoms with E-state index >= 15 is 0 Å². The van der Waals surface area contributed by atoms with E-state index < -0.39 is 0 Å². The second kappa shape index (κ2) is 15.2. The van der Waals surface area contributed by atoms with Gasteiger partial charge in [-0.15, -0.1) is 0 Å². The average molecular weight is 888 g/mol. The first kappa shape index (κ1) is 38.9. The van der Waals surface area contributed by atoms with Crippen molar-refractivity contribution >= 4 is 139 Å². The Morgan fingerprint density at radius 3 is 1.07 bits per heavy atom. The first-order chi connectivity index (χ1) is 34.7. The number of rotatable bonds is 5. The smallest absolute Gasteiger partial charge is 0.252 e. The summed E-state index contributed by atoms with van der Waals surface area (Å²) in [7, 11) is 0. The van der Waals surface area contributed by atoms with Gasteiger partial charge in [-0.2, -0.15) is 0 Å². The third-order valence-corrected chi connectivity index (χ3v) is 15.0. The highest BCUT2D eigenvalue weighted by atomic mass is 15.2. The van der Waals surface area contributed by atoms with Crippen LogP contribution in [-0.4, -0.2) is 6.71 Å². The lowest BCUT2D eigenvalue weighted by Gasteiger charge is -2.45. The summed E-state index contributed by atoms with van der Waals surface area (Å²) in [6.45, 7) is -0.0739. The number of nitrogens with zero attached hydrogens (tertiary/aromatic N) is 3. The van der Waals surface area contributed by atoms with Crippen LogP contribution >= 0.6 is 0 Å². The van der Waals surface area contributed by atoms with Crippen LogP contribution in [0.1, 0.15) is 0 Å². The molecule has 2 aliphatic rings. The molecule has 0 bridgehead atoms. The molecule has 70 heavy (non-hydrogen) atoms. The molecule has 0 amide bonds. The first-order valence-corrected chi connectivity index (χ1v) is 24.3. The van der Waals surface area contributed by atoms with Gasteiger partial charge >= 0.3 is 0 Å². The van der Waals surface area contributed by atoms with Gasteiger partial charge in [0.1, 0.15) is 0 Å². The molecule has 0 saturated carbocycles. The van der Waals surface area contributed by atoms with Gasteiger partial charge < -0.3 is 14.7 Å². The topological polar surface area (TPSA) is 9.72 Å². The highest BCUT2D eigenvalue weighted by Gasteiger charge is 2.44. The van der Waals surface area contributed by atoms with E-state index in [0.29, 0.717) is 0 Å². The summed E-state index contributed by atoms with van der Waals surface area (Å²) in [4.78, 5) is 7.67. The third-order valence-electron chi connectivity index (χ3n) is 15.0. The average Bonchev–Trinajstić information content (AvgIpc) is 3.42. The summed E-state index contributed by atoms with van der Waals surface area (Å²) in [5.74, 6) is 0. The summed E-state index contributed by atoms with van der Waals surface area (Å²) >= 11 is 0. The minimum Gasteiger partial charge on any atom is -0.311 e. The minimum absolute atomic E-state index is 0.0739. The highest BCUT2D eigenvalue weighted by Crippen LogP contribution is 2.51. The molecule has 15 rings (SSSR count). The Labute approximate surface area is 406 Å². The van der Waals surface area contributed by atoms with Crippen molar-refractivity contribution in [3.05, 3.63) is 255 Å². The van der Waals surface area contributed by atoms with Gasteiger partial charge in [-0.05, 0) is 131 Å². The Morgan fingerprint density at radius 2 is 0.629 bits per heavy atom. The van der Waals surface area contributed by atoms with Crippen LogP contribution < -0.4 is 31.1 Å². The van der Waals surface area contributed by atoms with Crippen LogP contribution in [0, 0.1) is 0 Å². The molecule has 0 radical (unpaired) electrons. The molecule has 3 nitrogen and oxygen atoms in total. The fourth-order valence-electron chi connectivity index (χ4n) is 11.9. The normalized spacial score (nSPS) is 12.8. The SMILES string of the molecule is c1ccc2cc(N3c4cc5ccccc5cc4B4c5cc6ccccc6cc5N(c5ccc6ccccc6c5)c5cc(N(c6cccc7ccccc67)c6cccc7ccccc67)cc3c54)ccc2c1. The summed E-state index contributed by atoms with van der Waals surface area (Å²) in [5.41, 5.74) is 14.1. The van der Waals surface area contributed by atoms with Crippen LogP contribution in [0.2, 0.25) is 0 Å². The van der Waals surface area contributed by atoms with Gasteiger partial charge in [-0.1, -0.05) is 194 Å². The van der Waals surface area contributed by atoms with Crippen LogP contribution in [0.3, 0.4) is 0 Å². The largest absolute Gasteiger partial charge is 0.311 e. The third kappa shape index (κ3) is 5.90. The van der Waals surface area contributed by atoms with Gasteiger partial charge in [-0.25, -0.2) is 0 Å². The molecular formula is C66H42BN3. The number of fused-ring (bicyclic) bond motifs is 10. The summed E-state index contributed by atoms with van der Waals surface area (Å²) in [5, 5.41) is 14.5. The monoisotopic (exact) mass is 887 g/mol. The predicted octanol–water partition coefficient (Wildman–Crippen LogP) is 16.2. The van der Waals surface area contributed by atoms with Crippen LogP contribution in [0.25, 0.3) is 64.6 Å². The van der Waals surface area contributed by atoms with E-state index in [1.165, 1.54) is 92.4 Å². The maximum atomic E-state index is 2.57. The summed E-state index contributed by atoms with van der Waals surface area (Å²) in [6, 6.07) is 95.1. The number of hydrogen-bond acceptors (Lipinski definition) is 3. The lowest BCUT2D eigenvalue weighted by Crippen LogP contribution is -2.61. The second-order valence-electron chi connectivity index (χ2n) is 18.9. The van der Waals surface area contributed by atoms with Crippen LogP contribution in [-0.2, 0) is 0 Å². The van der Waals surface area contributed by atoms with E-state index in [4.69, 9.17) is 0 Å². The fraction of sp³-hybridized carbons (Fsp3) is 0. The fourth-order valence-corrected chi connectivity index (χ4v) is 11.9. The van der Waals surface area contributed by atoms with E-state index in [-0.39, 0.29) is 6.71 Å². The van der Waals surface area contributed by atoms with E-state index in [9.17, 15) is 0 Å². The van der Waals surface area contributed by atoms with Crippen molar-refractivity contribution in [2.75, 3.05) is 14.7 Å². The Hall–Kier alpha value is -9.12. The van der Waals surface area contributed by atoms with Gasteiger partial charge in [0, 0.05) is 44.9 Å². The number of hydrogen-bond donors (Lipinski definition) is 0. The zero-order valence-corrected chi connectivity index (χ0v) is 38.2. The Balaban J connectivity index is 1.12. The quantitative estimate of drug-likeness (QED) is 0.159. The van der Waals surface area contributed by atoms with Gasteiger partial charge in [0.2, 0.25) is 0 Å². The van der Waals surface area contributed by atoms with Crippen molar-refractivity contribution in [3.63, 3.8) is 0 Å². The molecule has 13 aromatic rings. The first-order valence-electron chi connectivity index (χ1n) is 24.3. The van der Waals surface area contributed by atoms with Crippen LogP contribution in [0.5, 0.6) is 0 Å². The maximum absolute atomic E-state index is 2.57. The molecule has 324 valence electrons. The van der Waals surface area contributed by atoms with Gasteiger partial charge in [0.05, 0.1) is 17.1 Å². The van der Waals surface area contributed by atoms with Crippen molar-refractivity contribution in [3.8, 4) is 0 Å². The summed E-state index contributed by atoms with van der Waals surface area (Å²) in [6.07, 6.45) is 0. The highest BCUT2D eigenvalue weighted by molar-refractivity contribution is 7.00.